The van der Waals surface area contributed by atoms with Crippen molar-refractivity contribution in [2.75, 3.05) is 18.0 Å². The normalized spacial score (nSPS) is 17.3. The molecule has 0 bridgehead atoms. The van der Waals surface area contributed by atoms with Crippen molar-refractivity contribution in [1.29, 1.82) is 0 Å². The average Bonchev–Trinajstić information content (AvgIpc) is 3.11. The minimum atomic E-state index is -0.714. The second-order valence-corrected chi connectivity index (χ2v) is 8.38. The van der Waals surface area contributed by atoms with E-state index in [4.69, 9.17) is 0 Å². The van der Waals surface area contributed by atoms with Gasteiger partial charge in [0.15, 0.2) is 0 Å². The summed E-state index contributed by atoms with van der Waals surface area (Å²) < 4.78 is 0. The Morgan fingerprint density at radius 3 is 2.24 bits per heavy atom. The Labute approximate surface area is 200 Å². The van der Waals surface area contributed by atoms with Crippen LogP contribution in [0.1, 0.15) is 42.3 Å². The van der Waals surface area contributed by atoms with E-state index in [1.807, 2.05) is 55.5 Å². The maximum absolute atomic E-state index is 13.2. The highest BCUT2D eigenvalue weighted by atomic mass is 16.3. The quantitative estimate of drug-likeness (QED) is 0.313. The van der Waals surface area contributed by atoms with Gasteiger partial charge in [-0.15, -0.1) is 0 Å². The van der Waals surface area contributed by atoms with Gasteiger partial charge in [-0.25, -0.2) is 0 Å². The van der Waals surface area contributed by atoms with E-state index in [0.717, 1.165) is 29.9 Å². The second-order valence-electron chi connectivity index (χ2n) is 8.38. The lowest BCUT2D eigenvalue weighted by Gasteiger charge is -2.26. The molecule has 0 aliphatic carbocycles. The van der Waals surface area contributed by atoms with Gasteiger partial charge in [-0.2, -0.15) is 0 Å². The number of aryl methyl sites for hydroxylation is 1. The molecule has 0 saturated carbocycles. The molecule has 1 amide bonds. The van der Waals surface area contributed by atoms with Gasteiger partial charge in [0.1, 0.15) is 5.76 Å². The molecule has 34 heavy (non-hydrogen) atoms. The number of anilines is 1. The summed E-state index contributed by atoms with van der Waals surface area (Å²) in [6.07, 6.45) is 1.66. The van der Waals surface area contributed by atoms with E-state index in [1.165, 1.54) is 4.90 Å². The van der Waals surface area contributed by atoms with Gasteiger partial charge in [0, 0.05) is 30.5 Å². The van der Waals surface area contributed by atoms with Crippen LogP contribution < -0.4 is 4.90 Å². The lowest BCUT2D eigenvalue weighted by Crippen LogP contribution is -2.29. The van der Waals surface area contributed by atoms with Crippen molar-refractivity contribution in [3.05, 3.63) is 101 Å². The molecular weight excluding hydrogens is 426 g/mol. The third kappa shape index (κ3) is 4.44. The first kappa shape index (κ1) is 23.2. The van der Waals surface area contributed by atoms with Crippen LogP contribution in [0.5, 0.6) is 0 Å². The topological polar surface area (TPSA) is 73.7 Å². The van der Waals surface area contributed by atoms with Gasteiger partial charge in [-0.1, -0.05) is 48.0 Å². The lowest BCUT2D eigenvalue weighted by molar-refractivity contribution is -0.140. The number of ketones is 1. The number of carbonyl (C=O) groups is 2. The number of amides is 1. The zero-order chi connectivity index (χ0) is 24.2. The van der Waals surface area contributed by atoms with Crippen molar-refractivity contribution in [3.63, 3.8) is 0 Å². The van der Waals surface area contributed by atoms with Crippen molar-refractivity contribution < 1.29 is 14.7 Å². The van der Waals surface area contributed by atoms with E-state index in [9.17, 15) is 14.7 Å². The molecule has 1 saturated heterocycles. The number of aromatic nitrogens is 1. The summed E-state index contributed by atoms with van der Waals surface area (Å²) >= 11 is 0. The molecule has 6 nitrogen and oxygen atoms in total. The van der Waals surface area contributed by atoms with Crippen LogP contribution in [-0.4, -0.2) is 39.8 Å². The summed E-state index contributed by atoms with van der Waals surface area (Å²) in [5.41, 5.74) is 4.14. The van der Waals surface area contributed by atoms with Gasteiger partial charge in [0.2, 0.25) is 0 Å². The first-order chi connectivity index (χ1) is 16.4. The van der Waals surface area contributed by atoms with Gasteiger partial charge in [0.05, 0.1) is 23.9 Å². The predicted molar refractivity (Wildman–Crippen MR) is 133 cm³/mol. The Bertz CT molecular complexity index is 1200. The fraction of sp³-hybridized carbons (Fsp3) is 0.250. The summed E-state index contributed by atoms with van der Waals surface area (Å²) in [6, 6.07) is 19.9. The van der Waals surface area contributed by atoms with Crippen LogP contribution in [0.25, 0.3) is 5.76 Å². The Morgan fingerprint density at radius 2 is 1.65 bits per heavy atom. The van der Waals surface area contributed by atoms with Crippen LogP contribution >= 0.6 is 0 Å². The molecule has 1 atom stereocenters. The minimum absolute atomic E-state index is 0.0976. The summed E-state index contributed by atoms with van der Waals surface area (Å²) in [6.45, 7) is 8.07. The number of rotatable bonds is 7. The molecule has 1 fully saturated rings. The van der Waals surface area contributed by atoms with Crippen LogP contribution in [0.4, 0.5) is 5.69 Å². The number of Topliss-reactive ketones (excluding diaryl/α,β-unsaturated/α-hetero) is 1. The largest absolute Gasteiger partial charge is 0.507 e. The highest BCUT2D eigenvalue weighted by molar-refractivity contribution is 6.46. The molecular formula is C28H29N3O3. The molecule has 1 unspecified atom stereocenters. The highest BCUT2D eigenvalue weighted by Crippen LogP contribution is 2.40. The molecule has 2 aromatic carbocycles. The number of aliphatic hydroxyl groups excluding tert-OH is 1. The van der Waals surface area contributed by atoms with E-state index in [0.29, 0.717) is 11.3 Å². The molecule has 0 radical (unpaired) electrons. The average molecular weight is 456 g/mol. The summed E-state index contributed by atoms with van der Waals surface area (Å²) in [5, 5.41) is 11.2. The van der Waals surface area contributed by atoms with Gasteiger partial charge in [0.25, 0.3) is 11.7 Å². The summed E-state index contributed by atoms with van der Waals surface area (Å²) in [7, 11) is 0. The Balaban J connectivity index is 1.82. The highest BCUT2D eigenvalue weighted by Gasteiger charge is 2.46. The standard InChI is InChI=1S/C28H29N3O3/c1-4-30(5-2)23-15-13-20(14-16-23)25-24(26(32)21-11-9-19(3)10-12-21)27(33)28(34)31(25)18-22-8-6-7-17-29-22/h6-17,25,32H,4-5,18H2,1-3H3/b26-24-. The van der Waals surface area contributed by atoms with E-state index in [-0.39, 0.29) is 17.9 Å². The molecule has 3 aromatic rings. The van der Waals surface area contributed by atoms with E-state index in [2.05, 4.69) is 23.7 Å². The molecule has 2 heterocycles. The minimum Gasteiger partial charge on any atom is -0.507 e. The molecule has 1 N–H and O–H groups in total. The predicted octanol–water partition coefficient (Wildman–Crippen LogP) is 4.86. The number of likely N-dealkylation sites (tertiary alicyclic amines) is 1. The Morgan fingerprint density at radius 1 is 0.971 bits per heavy atom. The first-order valence-corrected chi connectivity index (χ1v) is 11.5. The molecule has 1 aliphatic heterocycles. The number of carbonyl (C=O) groups excluding carboxylic acids is 2. The van der Waals surface area contributed by atoms with Crippen LogP contribution in [0.15, 0.2) is 78.5 Å². The van der Waals surface area contributed by atoms with E-state index in [1.54, 1.807) is 24.4 Å². The van der Waals surface area contributed by atoms with Crippen molar-refractivity contribution in [2.24, 2.45) is 0 Å². The van der Waals surface area contributed by atoms with E-state index < -0.39 is 17.7 Å². The van der Waals surface area contributed by atoms with Crippen molar-refractivity contribution in [1.82, 2.24) is 9.88 Å². The number of hydrogen-bond acceptors (Lipinski definition) is 5. The number of benzene rings is 2. The van der Waals surface area contributed by atoms with Gasteiger partial charge in [-0.05, 0) is 50.6 Å². The zero-order valence-electron chi connectivity index (χ0n) is 19.7. The summed E-state index contributed by atoms with van der Waals surface area (Å²) in [4.78, 5) is 34.4. The fourth-order valence-electron chi connectivity index (χ4n) is 4.38. The monoisotopic (exact) mass is 455 g/mol. The first-order valence-electron chi connectivity index (χ1n) is 11.5. The summed E-state index contributed by atoms with van der Waals surface area (Å²) in [5.74, 6) is -1.50. The maximum Gasteiger partial charge on any atom is 0.296 e. The molecule has 6 heteroatoms. The maximum atomic E-state index is 13.2. The number of hydrogen-bond donors (Lipinski definition) is 1. The number of aliphatic hydroxyl groups is 1. The number of pyridine rings is 1. The van der Waals surface area contributed by atoms with E-state index >= 15 is 0 Å². The smallest absolute Gasteiger partial charge is 0.296 e. The van der Waals surface area contributed by atoms with Crippen LogP contribution in [-0.2, 0) is 16.1 Å². The van der Waals surface area contributed by atoms with Crippen LogP contribution in [0, 0.1) is 6.92 Å². The van der Waals surface area contributed by atoms with Crippen molar-refractivity contribution in [2.45, 2.75) is 33.4 Å². The second kappa shape index (κ2) is 9.91. The Hall–Kier alpha value is -3.93. The molecule has 1 aromatic heterocycles. The third-order valence-corrected chi connectivity index (χ3v) is 6.26. The molecule has 1 aliphatic rings. The zero-order valence-corrected chi connectivity index (χ0v) is 19.7. The molecule has 0 spiro atoms. The van der Waals surface area contributed by atoms with Crippen LogP contribution in [0.3, 0.4) is 0 Å². The van der Waals surface area contributed by atoms with Gasteiger partial charge >= 0.3 is 0 Å². The lowest BCUT2D eigenvalue weighted by atomic mass is 9.94. The molecule has 174 valence electrons. The SMILES string of the molecule is CCN(CC)c1ccc(C2/C(=C(/O)c3ccc(C)cc3)C(=O)C(=O)N2Cc2ccccn2)cc1. The number of nitrogens with zero attached hydrogens (tertiary/aromatic N) is 3. The van der Waals surface area contributed by atoms with Crippen molar-refractivity contribution >= 4 is 23.1 Å². The van der Waals surface area contributed by atoms with Gasteiger partial charge in [-0.3, -0.25) is 14.6 Å². The Kier molecular flexibility index (Phi) is 6.77. The molecule has 4 rings (SSSR count). The third-order valence-electron chi connectivity index (χ3n) is 6.26. The van der Waals surface area contributed by atoms with Gasteiger partial charge < -0.3 is 14.9 Å². The fourth-order valence-corrected chi connectivity index (χ4v) is 4.38. The van der Waals surface area contributed by atoms with Crippen LogP contribution in [0.2, 0.25) is 0 Å². The van der Waals surface area contributed by atoms with Crippen molar-refractivity contribution in [3.8, 4) is 0 Å².